The molecule has 0 heterocycles. The van der Waals surface area contributed by atoms with E-state index in [1.165, 1.54) is 121 Å². The molecule has 84 heavy (non-hydrogen) atoms. The molecule has 0 amide bonds. The quantitative estimate of drug-likeness (QED) is 0.0916. The van der Waals surface area contributed by atoms with E-state index >= 15 is 0 Å². The van der Waals surface area contributed by atoms with Crippen LogP contribution in [0.4, 0.5) is 5.69 Å². The van der Waals surface area contributed by atoms with E-state index in [1.54, 1.807) is 0 Å². The zero-order valence-corrected chi connectivity index (χ0v) is 51.5. The lowest BCUT2D eigenvalue weighted by Gasteiger charge is -2.09. The van der Waals surface area contributed by atoms with E-state index in [2.05, 4.69) is 330 Å². The third-order valence-corrected chi connectivity index (χ3v) is 15.0. The Hall–Kier alpha value is -8.33. The van der Waals surface area contributed by atoms with Gasteiger partial charge in [-0.25, -0.2) is 0 Å². The molecule has 412 valence electrons. The van der Waals surface area contributed by atoms with Crippen molar-refractivity contribution in [2.24, 2.45) is 0 Å². The van der Waals surface area contributed by atoms with Crippen LogP contribution >= 0.6 is 56.8 Å². The SMILES string of the molecule is C.CI.CI.Clc1ccc(-c2ccc3ccc(-c4ccccc4)cc3c2)cc1.Nc1ccc(-c2ccc3ccccc3c2)cc1.c1ccc(-c2ccc3ccc(-c4ccc(Cc5ccc(-c6ccc7ccccc7c6)cc5)cc4)cc3c2)cc1. The minimum Gasteiger partial charge on any atom is -0.399 e. The van der Waals surface area contributed by atoms with Crippen LogP contribution < -0.4 is 5.73 Å². The Labute approximate surface area is 528 Å². The number of hydrogen-bond acceptors (Lipinski definition) is 1. The highest BCUT2D eigenvalue weighted by Crippen LogP contribution is 2.33. The average Bonchev–Trinajstić information content (AvgIpc) is 3.76. The first kappa shape index (κ1) is 60.3. The number of nitrogen functional groups attached to an aromatic ring is 1. The van der Waals surface area contributed by atoms with Gasteiger partial charge in [0.2, 0.25) is 0 Å². The van der Waals surface area contributed by atoms with E-state index in [9.17, 15) is 0 Å². The molecule has 0 spiro atoms. The first-order chi connectivity index (χ1) is 40.9. The number of fused-ring (bicyclic) bond motifs is 4. The molecule has 14 rings (SSSR count). The molecule has 0 aliphatic carbocycles. The molecule has 0 atom stereocenters. The number of rotatable bonds is 8. The fraction of sp³-hybridized carbons (Fsp3) is 0.0500. The molecule has 0 aromatic heterocycles. The van der Waals surface area contributed by atoms with Crippen LogP contribution in [0, 0.1) is 0 Å². The molecule has 0 fully saturated rings. The summed E-state index contributed by atoms with van der Waals surface area (Å²) in [6.07, 6.45) is 0.927. The van der Waals surface area contributed by atoms with E-state index < -0.39 is 0 Å². The van der Waals surface area contributed by atoms with Crippen LogP contribution in [-0.4, -0.2) is 9.86 Å². The second kappa shape index (κ2) is 29.8. The van der Waals surface area contributed by atoms with Gasteiger partial charge in [-0.05, 0) is 198 Å². The molecule has 0 bridgehead atoms. The van der Waals surface area contributed by atoms with E-state index in [0.717, 1.165) is 17.1 Å². The highest BCUT2D eigenvalue weighted by atomic mass is 127. The summed E-state index contributed by atoms with van der Waals surface area (Å²) in [6.45, 7) is 0. The van der Waals surface area contributed by atoms with Crippen LogP contribution in [-0.2, 0) is 6.42 Å². The maximum Gasteiger partial charge on any atom is 0.0406 e. The molecule has 4 heteroatoms. The van der Waals surface area contributed by atoms with Gasteiger partial charge in [0.1, 0.15) is 0 Å². The lowest BCUT2D eigenvalue weighted by Crippen LogP contribution is -1.89. The molecular weight excluding hydrogens is 1260 g/mol. The summed E-state index contributed by atoms with van der Waals surface area (Å²) in [4.78, 5) is 3.94. The molecule has 14 aromatic carbocycles. The van der Waals surface area contributed by atoms with E-state index in [4.69, 9.17) is 17.3 Å². The van der Waals surface area contributed by atoms with Gasteiger partial charge in [0, 0.05) is 10.7 Å². The van der Waals surface area contributed by atoms with Crippen LogP contribution in [0.5, 0.6) is 0 Å². The number of anilines is 1. The van der Waals surface area contributed by atoms with Gasteiger partial charge in [0.15, 0.2) is 0 Å². The second-order valence-electron chi connectivity index (χ2n) is 20.1. The summed E-state index contributed by atoms with van der Waals surface area (Å²) >= 11 is 10.3. The van der Waals surface area contributed by atoms with Crippen molar-refractivity contribution in [3.8, 4) is 66.8 Å². The van der Waals surface area contributed by atoms with Gasteiger partial charge < -0.3 is 5.73 Å². The molecule has 2 N–H and O–H groups in total. The predicted octanol–water partition coefficient (Wildman–Crippen LogP) is 24.2. The summed E-state index contributed by atoms with van der Waals surface area (Å²) in [5.74, 6) is 0. The van der Waals surface area contributed by atoms with Crippen molar-refractivity contribution < 1.29 is 0 Å². The minimum atomic E-state index is 0. The van der Waals surface area contributed by atoms with Crippen molar-refractivity contribution in [1.29, 1.82) is 0 Å². The summed E-state index contributed by atoms with van der Waals surface area (Å²) in [6, 6.07) is 112. The van der Waals surface area contributed by atoms with E-state index in [-0.39, 0.29) is 7.43 Å². The van der Waals surface area contributed by atoms with Crippen molar-refractivity contribution >= 4 is 106 Å². The van der Waals surface area contributed by atoms with E-state index in [1.807, 2.05) is 40.2 Å². The van der Waals surface area contributed by atoms with Crippen LogP contribution in [0.3, 0.4) is 0 Å². The van der Waals surface area contributed by atoms with Gasteiger partial charge in [0.05, 0.1) is 0 Å². The second-order valence-corrected chi connectivity index (χ2v) is 20.5. The number of hydrogen-bond donors (Lipinski definition) is 1. The van der Waals surface area contributed by atoms with Crippen LogP contribution in [0.2, 0.25) is 5.02 Å². The fourth-order valence-electron chi connectivity index (χ4n) is 10.4. The number of alkyl halides is 2. The normalized spacial score (nSPS) is 10.4. The van der Waals surface area contributed by atoms with Crippen molar-refractivity contribution in [3.63, 3.8) is 0 Å². The molecule has 1 nitrogen and oxygen atoms in total. The highest BCUT2D eigenvalue weighted by Gasteiger charge is 2.08. The maximum atomic E-state index is 5.98. The average molecular weight is 1330 g/mol. The molecular formula is C80H66ClI2N. The zero-order valence-electron chi connectivity index (χ0n) is 46.4. The van der Waals surface area contributed by atoms with Crippen molar-refractivity contribution in [3.05, 3.63) is 332 Å². The Balaban J connectivity index is 0.000000160. The van der Waals surface area contributed by atoms with E-state index in [0.29, 0.717) is 0 Å². The van der Waals surface area contributed by atoms with Gasteiger partial charge in [-0.15, -0.1) is 0 Å². The molecule has 0 unspecified atom stereocenters. The summed E-state index contributed by atoms with van der Waals surface area (Å²) in [5.41, 5.74) is 24.0. The lowest BCUT2D eigenvalue weighted by molar-refractivity contribution is 1.19. The Kier molecular flexibility index (Phi) is 21.4. The first-order valence-electron chi connectivity index (χ1n) is 27.6. The maximum absolute atomic E-state index is 5.98. The topological polar surface area (TPSA) is 26.0 Å². The Bertz CT molecular complexity index is 4370. The summed E-state index contributed by atoms with van der Waals surface area (Å²) in [7, 11) is 0. The molecule has 0 radical (unpaired) electrons. The lowest BCUT2D eigenvalue weighted by atomic mass is 9.96. The van der Waals surface area contributed by atoms with Gasteiger partial charge in [-0.3, -0.25) is 0 Å². The van der Waals surface area contributed by atoms with Gasteiger partial charge in [-0.2, -0.15) is 0 Å². The summed E-state index contributed by atoms with van der Waals surface area (Å²) < 4.78 is 0. The highest BCUT2D eigenvalue weighted by molar-refractivity contribution is 14.1. The standard InChI is InChI=1S/C39H28.C22H15Cl.C16H13N.2CH3I.CH4/c1-2-6-30(7-3-1)37-22-19-34-20-23-38(27-39(34)26-37)33-16-12-29(13-17-33)24-28-10-14-32(15-11-28)36-21-18-31-8-4-5-9-35(31)25-36;23-22-12-10-17(11-13-22)20-9-7-18-6-8-19(14-21(18)15-20)16-4-2-1-3-5-16;17-16-9-7-13(8-10-16)15-6-5-12-3-1-2-4-14(12)11-15;2*1-2;/h1-23,25-27H,24H2;1-15H;1-11H,17H2;2*1H3;1H4. The van der Waals surface area contributed by atoms with Crippen LogP contribution in [0.25, 0.3) is 110 Å². The Morgan fingerprint density at radius 2 is 0.464 bits per heavy atom. The molecule has 0 aliphatic heterocycles. The number of benzene rings is 14. The van der Waals surface area contributed by atoms with Gasteiger partial charge >= 0.3 is 0 Å². The number of halogens is 3. The minimum absolute atomic E-state index is 0. The van der Waals surface area contributed by atoms with Crippen LogP contribution in [0.15, 0.2) is 315 Å². The number of nitrogens with two attached hydrogens (primary N) is 1. The van der Waals surface area contributed by atoms with Crippen molar-refractivity contribution in [1.82, 2.24) is 0 Å². The predicted molar refractivity (Wildman–Crippen MR) is 387 cm³/mol. The molecule has 0 saturated heterocycles. The Morgan fingerprint density at radius 3 is 0.786 bits per heavy atom. The molecule has 0 aliphatic rings. The van der Waals surface area contributed by atoms with Crippen LogP contribution in [0.1, 0.15) is 18.6 Å². The summed E-state index contributed by atoms with van der Waals surface area (Å²) in [5, 5.41) is 10.9. The largest absolute Gasteiger partial charge is 0.399 e. The third kappa shape index (κ3) is 15.3. The zero-order chi connectivity index (χ0) is 57.3. The molecule has 14 aromatic rings. The van der Waals surface area contributed by atoms with Gasteiger partial charge in [-0.1, -0.05) is 319 Å². The molecule has 0 saturated carbocycles. The monoisotopic (exact) mass is 1330 g/mol. The van der Waals surface area contributed by atoms with Crippen molar-refractivity contribution in [2.45, 2.75) is 13.8 Å². The van der Waals surface area contributed by atoms with Gasteiger partial charge in [0.25, 0.3) is 0 Å². The smallest absolute Gasteiger partial charge is 0.0406 e. The Morgan fingerprint density at radius 1 is 0.238 bits per heavy atom. The fourth-order valence-corrected chi connectivity index (χ4v) is 10.5. The first-order valence-corrected chi connectivity index (χ1v) is 32.3. The van der Waals surface area contributed by atoms with Crippen molar-refractivity contribution in [2.75, 3.05) is 15.6 Å². The third-order valence-electron chi connectivity index (χ3n) is 14.8.